The second kappa shape index (κ2) is 7.63. The molecule has 4 N–H and O–H groups in total. The number of fused-ring (bicyclic) bond motifs is 1. The lowest BCUT2D eigenvalue weighted by molar-refractivity contribution is 0.0577. The molecule has 8 nitrogen and oxygen atoms in total. The molecule has 1 aromatic carbocycles. The predicted octanol–water partition coefficient (Wildman–Crippen LogP) is 2.95. The molecule has 0 bridgehead atoms. The fraction of sp³-hybridized carbons (Fsp3) is 0.450. The molecule has 8 heteroatoms. The highest BCUT2D eigenvalue weighted by atomic mass is 16.3. The highest BCUT2D eigenvalue weighted by Crippen LogP contribution is 2.26. The Hall–Kier alpha value is -2.87. The zero-order valence-electron chi connectivity index (χ0n) is 17.0. The van der Waals surface area contributed by atoms with Gasteiger partial charge in [0.05, 0.1) is 18.0 Å². The molecule has 0 saturated heterocycles. The largest absolute Gasteiger partial charge is 0.507 e. The van der Waals surface area contributed by atoms with Crippen molar-refractivity contribution >= 4 is 22.9 Å². The van der Waals surface area contributed by atoms with Crippen LogP contribution in [0.3, 0.4) is 0 Å². The quantitative estimate of drug-likeness (QED) is 0.496. The van der Waals surface area contributed by atoms with Gasteiger partial charge in [-0.1, -0.05) is 25.1 Å². The minimum absolute atomic E-state index is 0.202. The van der Waals surface area contributed by atoms with Gasteiger partial charge < -0.3 is 25.4 Å². The Morgan fingerprint density at radius 1 is 1.25 bits per heavy atom. The number of benzene rings is 1. The SMILES string of the molecule is CCC(Nc1nc(NCc2cccc(C)c2O)c2ncn(C)c2n1)C(C)(C)O. The molecule has 2 heterocycles. The summed E-state index contributed by atoms with van der Waals surface area (Å²) in [6.45, 7) is 7.78. The molecule has 1 unspecified atom stereocenters. The molecule has 28 heavy (non-hydrogen) atoms. The maximum Gasteiger partial charge on any atom is 0.227 e. The standard InChI is InChI=1S/C20H28N6O2/c1-6-14(20(3,4)28)23-19-24-17(15-18(25-19)26(5)11-22-15)21-10-13-9-7-8-12(2)16(13)27/h7-9,11,14,27-28H,6,10H2,1-5H3,(H2,21,23,24,25). The fourth-order valence-corrected chi connectivity index (χ4v) is 3.17. The van der Waals surface area contributed by atoms with Gasteiger partial charge in [0.2, 0.25) is 5.95 Å². The van der Waals surface area contributed by atoms with Gasteiger partial charge >= 0.3 is 0 Å². The van der Waals surface area contributed by atoms with Gasteiger partial charge in [-0.25, -0.2) is 4.98 Å². The van der Waals surface area contributed by atoms with Crippen LogP contribution in [0, 0.1) is 6.92 Å². The Morgan fingerprint density at radius 2 is 2.00 bits per heavy atom. The first kappa shape index (κ1) is 19.9. The van der Waals surface area contributed by atoms with Crippen LogP contribution in [0.2, 0.25) is 0 Å². The van der Waals surface area contributed by atoms with Crippen LogP contribution in [0.15, 0.2) is 24.5 Å². The molecular formula is C20H28N6O2. The Bertz CT molecular complexity index is 977. The van der Waals surface area contributed by atoms with Crippen molar-refractivity contribution in [2.45, 2.75) is 52.3 Å². The van der Waals surface area contributed by atoms with E-state index in [1.54, 1.807) is 20.2 Å². The van der Waals surface area contributed by atoms with E-state index in [-0.39, 0.29) is 11.8 Å². The normalized spacial score (nSPS) is 12.9. The number of rotatable bonds is 7. The van der Waals surface area contributed by atoms with Gasteiger partial charge in [-0.05, 0) is 32.8 Å². The second-order valence-corrected chi connectivity index (χ2v) is 7.62. The lowest BCUT2D eigenvalue weighted by Crippen LogP contribution is -2.41. The number of nitrogens with one attached hydrogen (secondary N) is 2. The van der Waals surface area contributed by atoms with Gasteiger partial charge in [-0.3, -0.25) is 0 Å². The van der Waals surface area contributed by atoms with Gasteiger partial charge in [0.1, 0.15) is 5.75 Å². The number of imidazole rings is 1. The van der Waals surface area contributed by atoms with Crippen molar-refractivity contribution < 1.29 is 10.2 Å². The van der Waals surface area contributed by atoms with Crippen LogP contribution in [0.25, 0.3) is 11.2 Å². The molecule has 0 fully saturated rings. The van der Waals surface area contributed by atoms with Crippen molar-refractivity contribution in [1.29, 1.82) is 0 Å². The topological polar surface area (TPSA) is 108 Å². The average Bonchev–Trinajstić information content (AvgIpc) is 3.01. The summed E-state index contributed by atoms with van der Waals surface area (Å²) in [6, 6.07) is 5.44. The number of hydrogen-bond donors (Lipinski definition) is 4. The predicted molar refractivity (Wildman–Crippen MR) is 110 cm³/mol. The van der Waals surface area contributed by atoms with E-state index in [9.17, 15) is 10.2 Å². The van der Waals surface area contributed by atoms with Crippen LogP contribution in [0.5, 0.6) is 5.75 Å². The lowest BCUT2D eigenvalue weighted by Gasteiger charge is -2.29. The Balaban J connectivity index is 1.93. The summed E-state index contributed by atoms with van der Waals surface area (Å²) in [6.07, 6.45) is 2.40. The van der Waals surface area contributed by atoms with Crippen molar-refractivity contribution in [2.75, 3.05) is 10.6 Å². The number of phenols is 1. The van der Waals surface area contributed by atoms with E-state index in [1.165, 1.54) is 0 Å². The summed E-state index contributed by atoms with van der Waals surface area (Å²) in [4.78, 5) is 13.5. The Labute approximate surface area is 164 Å². The molecule has 2 aromatic heterocycles. The van der Waals surface area contributed by atoms with E-state index in [2.05, 4.69) is 25.6 Å². The number of hydrogen-bond acceptors (Lipinski definition) is 7. The highest BCUT2D eigenvalue weighted by Gasteiger charge is 2.26. The van der Waals surface area contributed by atoms with Crippen molar-refractivity contribution in [1.82, 2.24) is 19.5 Å². The first-order valence-corrected chi connectivity index (χ1v) is 9.40. The van der Waals surface area contributed by atoms with E-state index >= 15 is 0 Å². The maximum atomic E-state index is 10.4. The summed E-state index contributed by atoms with van der Waals surface area (Å²) in [5, 5.41) is 27.1. The second-order valence-electron chi connectivity index (χ2n) is 7.62. The third-order valence-electron chi connectivity index (χ3n) is 4.89. The number of aryl methyl sites for hydroxylation is 2. The van der Waals surface area contributed by atoms with Crippen molar-refractivity contribution in [3.05, 3.63) is 35.7 Å². The van der Waals surface area contributed by atoms with Crippen LogP contribution in [-0.4, -0.2) is 41.4 Å². The minimum Gasteiger partial charge on any atom is -0.507 e. The molecule has 0 radical (unpaired) electrons. The van der Waals surface area contributed by atoms with Gasteiger partial charge in [0, 0.05) is 19.2 Å². The molecule has 3 aromatic rings. The third-order valence-corrected chi connectivity index (χ3v) is 4.89. The van der Waals surface area contributed by atoms with Crippen molar-refractivity contribution in [3.8, 4) is 5.75 Å². The summed E-state index contributed by atoms with van der Waals surface area (Å²) in [5.41, 5.74) is 2.01. The van der Waals surface area contributed by atoms with E-state index in [0.29, 0.717) is 29.5 Å². The van der Waals surface area contributed by atoms with Gasteiger partial charge in [-0.2, -0.15) is 9.97 Å². The number of aromatic hydroxyl groups is 1. The summed E-state index contributed by atoms with van der Waals surface area (Å²) in [5.74, 6) is 1.26. The number of aliphatic hydroxyl groups is 1. The molecular weight excluding hydrogens is 356 g/mol. The number of aromatic nitrogens is 4. The van der Waals surface area contributed by atoms with E-state index in [4.69, 9.17) is 0 Å². The molecule has 1 atom stereocenters. The molecule has 0 aliphatic carbocycles. The minimum atomic E-state index is -0.916. The van der Waals surface area contributed by atoms with Crippen LogP contribution in [-0.2, 0) is 13.6 Å². The van der Waals surface area contributed by atoms with E-state index in [1.807, 2.05) is 43.7 Å². The number of phenolic OH excluding ortho intramolecular Hbond substituents is 1. The van der Waals surface area contributed by atoms with Gasteiger partial charge in [0.15, 0.2) is 17.0 Å². The maximum absolute atomic E-state index is 10.4. The molecule has 150 valence electrons. The zero-order chi connectivity index (χ0) is 20.5. The number of nitrogens with zero attached hydrogens (tertiary/aromatic N) is 4. The Morgan fingerprint density at radius 3 is 2.68 bits per heavy atom. The van der Waals surface area contributed by atoms with E-state index in [0.717, 1.165) is 17.5 Å². The smallest absolute Gasteiger partial charge is 0.227 e. The van der Waals surface area contributed by atoms with Crippen molar-refractivity contribution in [2.24, 2.45) is 7.05 Å². The molecule has 0 aliphatic rings. The fourth-order valence-electron chi connectivity index (χ4n) is 3.17. The van der Waals surface area contributed by atoms with Gasteiger partial charge in [0.25, 0.3) is 0 Å². The summed E-state index contributed by atoms with van der Waals surface area (Å²) >= 11 is 0. The zero-order valence-corrected chi connectivity index (χ0v) is 17.0. The van der Waals surface area contributed by atoms with E-state index < -0.39 is 5.60 Å². The van der Waals surface area contributed by atoms with Crippen LogP contribution in [0.1, 0.15) is 38.3 Å². The monoisotopic (exact) mass is 384 g/mol. The Kier molecular flexibility index (Phi) is 5.42. The molecule has 0 spiro atoms. The molecule has 0 saturated carbocycles. The first-order valence-electron chi connectivity index (χ1n) is 9.40. The van der Waals surface area contributed by atoms with Crippen LogP contribution in [0.4, 0.5) is 11.8 Å². The lowest BCUT2D eigenvalue weighted by atomic mass is 9.97. The van der Waals surface area contributed by atoms with Crippen molar-refractivity contribution in [3.63, 3.8) is 0 Å². The van der Waals surface area contributed by atoms with Crippen LogP contribution >= 0.6 is 0 Å². The molecule has 0 amide bonds. The van der Waals surface area contributed by atoms with Gasteiger partial charge in [-0.15, -0.1) is 0 Å². The molecule has 3 rings (SSSR count). The average molecular weight is 384 g/mol. The summed E-state index contributed by atoms with van der Waals surface area (Å²) in [7, 11) is 1.87. The van der Waals surface area contributed by atoms with Crippen LogP contribution < -0.4 is 10.6 Å². The number of para-hydroxylation sites is 1. The third kappa shape index (κ3) is 4.01. The number of anilines is 2. The summed E-state index contributed by atoms with van der Waals surface area (Å²) < 4.78 is 1.82. The highest BCUT2D eigenvalue weighted by molar-refractivity contribution is 5.84. The first-order chi connectivity index (χ1) is 13.2. The molecule has 0 aliphatic heterocycles.